The second-order valence-electron chi connectivity index (χ2n) is 5.50. The molecule has 0 saturated carbocycles. The van der Waals surface area contributed by atoms with Crippen LogP contribution in [0, 0.1) is 0 Å². The standard InChI is InChI=1S/C16H23N7O2/c1-4-17-12-5-6-18-15(19-12)22-7-9-23(10-8-22)16-20-13(24-2)11-14(21-16)25-3/h5-6,11H,4,7-10H2,1-3H3,(H,17,18,19). The summed E-state index contributed by atoms with van der Waals surface area (Å²) in [7, 11) is 3.16. The highest BCUT2D eigenvalue weighted by atomic mass is 16.5. The van der Waals surface area contributed by atoms with E-state index in [4.69, 9.17) is 9.47 Å². The van der Waals surface area contributed by atoms with Gasteiger partial charge < -0.3 is 24.6 Å². The predicted octanol–water partition coefficient (Wildman–Crippen LogP) is 1.04. The quantitative estimate of drug-likeness (QED) is 0.825. The van der Waals surface area contributed by atoms with Crippen molar-refractivity contribution < 1.29 is 9.47 Å². The topological polar surface area (TPSA) is 88.5 Å². The Morgan fingerprint density at radius 1 is 0.960 bits per heavy atom. The van der Waals surface area contributed by atoms with Gasteiger partial charge >= 0.3 is 0 Å². The Morgan fingerprint density at radius 2 is 1.56 bits per heavy atom. The molecule has 1 N–H and O–H groups in total. The Kier molecular flexibility index (Phi) is 5.32. The molecule has 0 spiro atoms. The molecule has 3 heterocycles. The van der Waals surface area contributed by atoms with Crippen LogP contribution in [0.1, 0.15) is 6.92 Å². The Bertz CT molecular complexity index is 682. The van der Waals surface area contributed by atoms with Gasteiger partial charge in [0.2, 0.25) is 23.7 Å². The molecule has 0 atom stereocenters. The molecule has 2 aromatic heterocycles. The van der Waals surface area contributed by atoms with Crippen LogP contribution in [-0.4, -0.2) is 66.9 Å². The molecule has 9 nitrogen and oxygen atoms in total. The highest BCUT2D eigenvalue weighted by molar-refractivity contribution is 5.44. The van der Waals surface area contributed by atoms with Crippen LogP contribution in [0.5, 0.6) is 11.8 Å². The summed E-state index contributed by atoms with van der Waals surface area (Å²) in [6.07, 6.45) is 1.78. The molecule has 1 aliphatic rings. The van der Waals surface area contributed by atoms with Crippen LogP contribution in [-0.2, 0) is 0 Å². The smallest absolute Gasteiger partial charge is 0.232 e. The van der Waals surface area contributed by atoms with E-state index in [1.54, 1.807) is 26.5 Å². The number of rotatable bonds is 6. The lowest BCUT2D eigenvalue weighted by Gasteiger charge is -2.34. The zero-order chi connectivity index (χ0) is 17.6. The molecule has 9 heteroatoms. The van der Waals surface area contributed by atoms with Crippen LogP contribution in [0.15, 0.2) is 18.3 Å². The maximum Gasteiger partial charge on any atom is 0.232 e. The van der Waals surface area contributed by atoms with E-state index in [1.807, 2.05) is 13.0 Å². The summed E-state index contributed by atoms with van der Waals surface area (Å²) in [5.74, 6) is 3.17. The van der Waals surface area contributed by atoms with Crippen molar-refractivity contribution in [1.29, 1.82) is 0 Å². The first-order valence-corrected chi connectivity index (χ1v) is 8.27. The van der Waals surface area contributed by atoms with Crippen molar-refractivity contribution >= 4 is 17.7 Å². The fourth-order valence-electron chi connectivity index (χ4n) is 2.63. The summed E-state index contributed by atoms with van der Waals surface area (Å²) in [5, 5.41) is 3.21. The molecule has 0 amide bonds. The van der Waals surface area contributed by atoms with Crippen LogP contribution in [0.4, 0.5) is 17.7 Å². The number of hydrogen-bond acceptors (Lipinski definition) is 9. The fourth-order valence-corrected chi connectivity index (χ4v) is 2.63. The summed E-state index contributed by atoms with van der Waals surface area (Å²) in [6, 6.07) is 3.54. The summed E-state index contributed by atoms with van der Waals surface area (Å²) >= 11 is 0. The molecule has 3 rings (SSSR count). The largest absolute Gasteiger partial charge is 0.481 e. The van der Waals surface area contributed by atoms with E-state index in [0.29, 0.717) is 17.7 Å². The van der Waals surface area contributed by atoms with Gasteiger partial charge in [-0.15, -0.1) is 0 Å². The molecule has 1 fully saturated rings. The first-order chi connectivity index (χ1) is 12.2. The average Bonchev–Trinajstić information content (AvgIpc) is 2.68. The SMILES string of the molecule is CCNc1ccnc(N2CCN(c3nc(OC)cc(OC)n3)CC2)n1. The van der Waals surface area contributed by atoms with E-state index in [2.05, 4.69) is 35.1 Å². The summed E-state index contributed by atoms with van der Waals surface area (Å²) in [6.45, 7) is 6.00. The van der Waals surface area contributed by atoms with Crippen molar-refractivity contribution in [2.75, 3.05) is 62.1 Å². The fraction of sp³-hybridized carbons (Fsp3) is 0.500. The average molecular weight is 345 g/mol. The Morgan fingerprint density at radius 3 is 2.12 bits per heavy atom. The van der Waals surface area contributed by atoms with Crippen LogP contribution >= 0.6 is 0 Å². The summed E-state index contributed by atoms with van der Waals surface area (Å²) in [5.41, 5.74) is 0. The third-order valence-corrected chi connectivity index (χ3v) is 3.93. The number of piperazine rings is 1. The van der Waals surface area contributed by atoms with Crippen LogP contribution in [0.25, 0.3) is 0 Å². The molecule has 2 aromatic rings. The maximum atomic E-state index is 5.22. The normalized spacial score (nSPS) is 14.4. The van der Waals surface area contributed by atoms with Gasteiger partial charge in [-0.05, 0) is 13.0 Å². The molecule has 0 radical (unpaired) electrons. The van der Waals surface area contributed by atoms with Gasteiger partial charge in [-0.1, -0.05) is 0 Å². The highest BCUT2D eigenvalue weighted by Crippen LogP contribution is 2.22. The van der Waals surface area contributed by atoms with E-state index in [1.165, 1.54) is 0 Å². The van der Waals surface area contributed by atoms with Crippen molar-refractivity contribution in [3.8, 4) is 11.8 Å². The van der Waals surface area contributed by atoms with E-state index in [9.17, 15) is 0 Å². The lowest BCUT2D eigenvalue weighted by molar-refractivity contribution is 0.371. The third kappa shape index (κ3) is 3.98. The van der Waals surface area contributed by atoms with Gasteiger partial charge in [0.15, 0.2) is 0 Å². The van der Waals surface area contributed by atoms with Gasteiger partial charge in [-0.2, -0.15) is 15.0 Å². The molecule has 0 bridgehead atoms. The van der Waals surface area contributed by atoms with Crippen molar-refractivity contribution in [1.82, 2.24) is 19.9 Å². The number of ether oxygens (including phenoxy) is 2. The molecular formula is C16H23N7O2. The summed E-state index contributed by atoms with van der Waals surface area (Å²) in [4.78, 5) is 22.0. The van der Waals surface area contributed by atoms with E-state index >= 15 is 0 Å². The van der Waals surface area contributed by atoms with Gasteiger partial charge in [-0.3, -0.25) is 0 Å². The number of nitrogens with zero attached hydrogens (tertiary/aromatic N) is 6. The van der Waals surface area contributed by atoms with Crippen molar-refractivity contribution in [3.63, 3.8) is 0 Å². The Balaban J connectivity index is 1.68. The maximum absolute atomic E-state index is 5.22. The van der Waals surface area contributed by atoms with Crippen molar-refractivity contribution in [3.05, 3.63) is 18.3 Å². The lowest BCUT2D eigenvalue weighted by atomic mass is 10.3. The lowest BCUT2D eigenvalue weighted by Crippen LogP contribution is -2.47. The Hall–Kier alpha value is -2.84. The van der Waals surface area contributed by atoms with Crippen molar-refractivity contribution in [2.24, 2.45) is 0 Å². The van der Waals surface area contributed by atoms with E-state index < -0.39 is 0 Å². The first-order valence-electron chi connectivity index (χ1n) is 8.27. The molecule has 1 saturated heterocycles. The number of methoxy groups -OCH3 is 2. The van der Waals surface area contributed by atoms with Gasteiger partial charge in [-0.25, -0.2) is 4.98 Å². The van der Waals surface area contributed by atoms with Crippen LogP contribution < -0.4 is 24.6 Å². The Labute approximate surface area is 147 Å². The molecule has 0 aliphatic carbocycles. The van der Waals surface area contributed by atoms with E-state index in [-0.39, 0.29) is 0 Å². The zero-order valence-corrected chi connectivity index (χ0v) is 14.8. The highest BCUT2D eigenvalue weighted by Gasteiger charge is 2.22. The third-order valence-electron chi connectivity index (χ3n) is 3.93. The second kappa shape index (κ2) is 7.82. The molecule has 25 heavy (non-hydrogen) atoms. The first kappa shape index (κ1) is 17.0. The van der Waals surface area contributed by atoms with E-state index in [0.717, 1.165) is 44.5 Å². The van der Waals surface area contributed by atoms with Crippen LogP contribution in [0.2, 0.25) is 0 Å². The minimum atomic E-state index is 0.492. The van der Waals surface area contributed by atoms with Gasteiger partial charge in [0.25, 0.3) is 0 Å². The summed E-state index contributed by atoms with van der Waals surface area (Å²) < 4.78 is 10.4. The van der Waals surface area contributed by atoms with Crippen LogP contribution in [0.3, 0.4) is 0 Å². The minimum absolute atomic E-state index is 0.492. The number of hydrogen-bond donors (Lipinski definition) is 1. The van der Waals surface area contributed by atoms with Gasteiger partial charge in [0.1, 0.15) is 5.82 Å². The monoisotopic (exact) mass is 345 g/mol. The molecule has 1 aliphatic heterocycles. The minimum Gasteiger partial charge on any atom is -0.481 e. The number of nitrogens with one attached hydrogen (secondary N) is 1. The number of anilines is 3. The molecular weight excluding hydrogens is 322 g/mol. The number of aromatic nitrogens is 4. The molecule has 0 aromatic carbocycles. The molecule has 0 unspecified atom stereocenters. The van der Waals surface area contributed by atoms with Gasteiger partial charge in [0, 0.05) is 38.9 Å². The van der Waals surface area contributed by atoms with Crippen molar-refractivity contribution in [2.45, 2.75) is 6.92 Å². The molecule has 134 valence electrons. The van der Waals surface area contributed by atoms with Gasteiger partial charge in [0.05, 0.1) is 20.3 Å². The predicted molar refractivity (Wildman–Crippen MR) is 95.8 cm³/mol. The second-order valence-corrected chi connectivity index (χ2v) is 5.50. The zero-order valence-electron chi connectivity index (χ0n) is 14.8.